The summed E-state index contributed by atoms with van der Waals surface area (Å²) in [5.74, 6) is 1.00. The third-order valence-corrected chi connectivity index (χ3v) is 4.34. The molecule has 2 aliphatic heterocycles. The largest absolute Gasteiger partial charge is 0.364 e. The van der Waals surface area contributed by atoms with E-state index in [9.17, 15) is 0 Å². The number of aromatic nitrogens is 1. The van der Waals surface area contributed by atoms with E-state index in [1.165, 1.54) is 32.4 Å². The number of rotatable bonds is 4. The Morgan fingerprint density at radius 1 is 1.43 bits per heavy atom. The molecule has 0 radical (unpaired) electrons. The Morgan fingerprint density at radius 2 is 2.29 bits per heavy atom. The van der Waals surface area contributed by atoms with Crippen LogP contribution >= 0.6 is 0 Å². The van der Waals surface area contributed by atoms with Crippen molar-refractivity contribution in [2.45, 2.75) is 38.8 Å². The van der Waals surface area contributed by atoms with Gasteiger partial charge in [-0.3, -0.25) is 4.90 Å². The van der Waals surface area contributed by atoms with E-state index in [-0.39, 0.29) is 0 Å². The van der Waals surface area contributed by atoms with E-state index >= 15 is 0 Å². The van der Waals surface area contributed by atoms with Gasteiger partial charge in [-0.1, -0.05) is 5.16 Å². The van der Waals surface area contributed by atoms with Crippen LogP contribution in [0.5, 0.6) is 0 Å². The second-order valence-electron chi connectivity index (χ2n) is 5.79. The molecule has 0 saturated carbocycles. The minimum absolute atomic E-state index is 0.573. The standard InChI is InChI=1S/C15H25N5O/c1-2-16-15(17-11-13-6-10-21-18-13)20-9-5-14(12-20)19-7-3-4-8-19/h6,10,14H,2-5,7-9,11-12H2,1H3,(H,16,17). The van der Waals surface area contributed by atoms with Crippen molar-refractivity contribution in [3.63, 3.8) is 0 Å². The van der Waals surface area contributed by atoms with Crippen molar-refractivity contribution in [3.8, 4) is 0 Å². The van der Waals surface area contributed by atoms with Gasteiger partial charge >= 0.3 is 0 Å². The fraction of sp³-hybridized carbons (Fsp3) is 0.733. The average Bonchev–Trinajstić information content (AvgIpc) is 3.25. The van der Waals surface area contributed by atoms with Crippen LogP contribution in [0, 0.1) is 0 Å². The molecule has 21 heavy (non-hydrogen) atoms. The predicted octanol–water partition coefficient (Wildman–Crippen LogP) is 1.31. The van der Waals surface area contributed by atoms with Gasteiger partial charge in [0.15, 0.2) is 5.96 Å². The summed E-state index contributed by atoms with van der Waals surface area (Å²) in [6, 6.07) is 2.56. The molecular weight excluding hydrogens is 266 g/mol. The summed E-state index contributed by atoms with van der Waals surface area (Å²) >= 11 is 0. The Bertz CT molecular complexity index is 453. The maximum atomic E-state index is 4.86. The molecule has 3 heterocycles. The third kappa shape index (κ3) is 3.56. The van der Waals surface area contributed by atoms with Gasteiger partial charge < -0.3 is 14.7 Å². The Balaban J connectivity index is 1.60. The molecule has 2 saturated heterocycles. The van der Waals surface area contributed by atoms with Gasteiger partial charge in [0, 0.05) is 31.7 Å². The molecule has 0 bridgehead atoms. The first kappa shape index (κ1) is 14.4. The van der Waals surface area contributed by atoms with Gasteiger partial charge in [-0.2, -0.15) is 0 Å². The highest BCUT2D eigenvalue weighted by Gasteiger charge is 2.30. The highest BCUT2D eigenvalue weighted by molar-refractivity contribution is 5.80. The van der Waals surface area contributed by atoms with E-state index in [1.54, 1.807) is 6.26 Å². The van der Waals surface area contributed by atoms with Crippen LogP contribution in [-0.2, 0) is 6.54 Å². The fourth-order valence-electron chi connectivity index (χ4n) is 3.24. The zero-order chi connectivity index (χ0) is 14.5. The molecule has 1 N–H and O–H groups in total. The molecule has 6 heteroatoms. The highest BCUT2D eigenvalue weighted by atomic mass is 16.5. The molecule has 0 amide bonds. The van der Waals surface area contributed by atoms with E-state index in [1.807, 2.05) is 6.07 Å². The first-order valence-electron chi connectivity index (χ1n) is 8.03. The molecule has 1 atom stereocenters. The van der Waals surface area contributed by atoms with Crippen LogP contribution in [0.25, 0.3) is 0 Å². The number of guanidine groups is 1. The summed E-state index contributed by atoms with van der Waals surface area (Å²) in [6.45, 7) is 8.29. The van der Waals surface area contributed by atoms with E-state index in [4.69, 9.17) is 4.52 Å². The predicted molar refractivity (Wildman–Crippen MR) is 82.1 cm³/mol. The van der Waals surface area contributed by atoms with Gasteiger partial charge in [-0.15, -0.1) is 0 Å². The average molecular weight is 291 g/mol. The molecule has 0 spiro atoms. The van der Waals surface area contributed by atoms with Crippen molar-refractivity contribution in [2.75, 3.05) is 32.7 Å². The van der Waals surface area contributed by atoms with Gasteiger partial charge in [-0.25, -0.2) is 4.99 Å². The summed E-state index contributed by atoms with van der Waals surface area (Å²) in [5, 5.41) is 7.31. The minimum atomic E-state index is 0.573. The van der Waals surface area contributed by atoms with Crippen LogP contribution < -0.4 is 5.32 Å². The Labute approximate surface area is 126 Å². The summed E-state index contributed by atoms with van der Waals surface area (Å²) in [4.78, 5) is 9.71. The molecule has 0 aromatic carbocycles. The van der Waals surface area contributed by atoms with Gasteiger partial charge in [0.1, 0.15) is 12.0 Å². The minimum Gasteiger partial charge on any atom is -0.364 e. The van der Waals surface area contributed by atoms with Crippen molar-refractivity contribution < 1.29 is 4.52 Å². The molecule has 2 fully saturated rings. The van der Waals surface area contributed by atoms with Crippen molar-refractivity contribution in [2.24, 2.45) is 4.99 Å². The maximum Gasteiger partial charge on any atom is 0.194 e. The molecule has 1 aromatic heterocycles. The van der Waals surface area contributed by atoms with Crippen LogP contribution in [0.3, 0.4) is 0 Å². The molecule has 6 nitrogen and oxygen atoms in total. The SMILES string of the molecule is CCNC(=NCc1ccon1)N1CCC(N2CCCC2)C1. The lowest BCUT2D eigenvalue weighted by Gasteiger charge is -2.25. The lowest BCUT2D eigenvalue weighted by Crippen LogP contribution is -2.42. The van der Waals surface area contributed by atoms with Gasteiger partial charge in [0.05, 0.1) is 6.54 Å². The monoisotopic (exact) mass is 291 g/mol. The van der Waals surface area contributed by atoms with Crippen LogP contribution in [0.15, 0.2) is 21.8 Å². The number of hydrogen-bond acceptors (Lipinski definition) is 4. The van der Waals surface area contributed by atoms with Gasteiger partial charge in [0.2, 0.25) is 0 Å². The molecule has 3 rings (SSSR count). The van der Waals surface area contributed by atoms with Crippen molar-refractivity contribution in [1.82, 2.24) is 20.3 Å². The van der Waals surface area contributed by atoms with Crippen LogP contribution in [-0.4, -0.2) is 59.7 Å². The quantitative estimate of drug-likeness (QED) is 0.669. The van der Waals surface area contributed by atoms with Crippen LogP contribution in [0.1, 0.15) is 31.9 Å². The summed E-state index contributed by atoms with van der Waals surface area (Å²) in [6.07, 6.45) is 5.55. The topological polar surface area (TPSA) is 56.9 Å². The van der Waals surface area contributed by atoms with Crippen LogP contribution in [0.4, 0.5) is 0 Å². The second-order valence-corrected chi connectivity index (χ2v) is 5.79. The van der Waals surface area contributed by atoms with E-state index < -0.39 is 0 Å². The molecule has 0 aliphatic carbocycles. The number of likely N-dealkylation sites (tertiary alicyclic amines) is 2. The van der Waals surface area contributed by atoms with E-state index in [0.29, 0.717) is 12.6 Å². The molecule has 116 valence electrons. The Morgan fingerprint density at radius 3 is 3.00 bits per heavy atom. The smallest absolute Gasteiger partial charge is 0.194 e. The normalized spacial score (nSPS) is 24.0. The lowest BCUT2D eigenvalue weighted by atomic mass is 10.2. The molecule has 1 unspecified atom stereocenters. The van der Waals surface area contributed by atoms with Crippen molar-refractivity contribution in [3.05, 3.63) is 18.0 Å². The first-order chi connectivity index (χ1) is 10.4. The summed E-state index contributed by atoms with van der Waals surface area (Å²) in [7, 11) is 0. The number of nitrogens with one attached hydrogen (secondary N) is 1. The highest BCUT2D eigenvalue weighted by Crippen LogP contribution is 2.20. The van der Waals surface area contributed by atoms with Crippen molar-refractivity contribution >= 4 is 5.96 Å². The third-order valence-electron chi connectivity index (χ3n) is 4.34. The van der Waals surface area contributed by atoms with E-state index in [0.717, 1.165) is 31.3 Å². The zero-order valence-corrected chi connectivity index (χ0v) is 12.8. The summed E-state index contributed by atoms with van der Waals surface area (Å²) < 4.78 is 4.86. The second kappa shape index (κ2) is 6.93. The number of aliphatic imine (C=N–C) groups is 1. The lowest BCUT2D eigenvalue weighted by molar-refractivity contribution is 0.249. The first-order valence-corrected chi connectivity index (χ1v) is 8.03. The van der Waals surface area contributed by atoms with Gasteiger partial charge in [-0.05, 0) is 39.3 Å². The number of hydrogen-bond donors (Lipinski definition) is 1. The summed E-state index contributed by atoms with van der Waals surface area (Å²) in [5.41, 5.74) is 0.876. The van der Waals surface area contributed by atoms with Gasteiger partial charge in [0.25, 0.3) is 0 Å². The van der Waals surface area contributed by atoms with E-state index in [2.05, 4.69) is 32.2 Å². The molecular formula is C15H25N5O. The van der Waals surface area contributed by atoms with Crippen LogP contribution in [0.2, 0.25) is 0 Å². The Hall–Kier alpha value is -1.56. The maximum absolute atomic E-state index is 4.86. The molecule has 1 aromatic rings. The fourth-order valence-corrected chi connectivity index (χ4v) is 3.24. The number of nitrogens with zero attached hydrogens (tertiary/aromatic N) is 4. The Kier molecular flexibility index (Phi) is 4.75. The zero-order valence-electron chi connectivity index (χ0n) is 12.8. The van der Waals surface area contributed by atoms with Crippen molar-refractivity contribution in [1.29, 1.82) is 0 Å². The molecule has 2 aliphatic rings.